The largest absolute Gasteiger partial charge is 0.492 e. The van der Waals surface area contributed by atoms with E-state index >= 15 is 0 Å². The number of aliphatic hydroxyl groups is 1. The Morgan fingerprint density at radius 2 is 1.70 bits per heavy atom. The molecule has 0 bridgehead atoms. The Labute approximate surface area is 187 Å². The quantitative estimate of drug-likeness (QED) is 0.505. The molecule has 0 aromatic heterocycles. The number of nitrogens with two attached hydrogens (primary N) is 1. The standard InChI is InChI=1S/C21H27F3N2O2.2ClH/c1-14(25)13-28-19-8-6-16(7-9-19)10-15(2)26-12-20(27)17-4-3-5-18(11-17)21(22,23)24;;/h3-9,11,14-15,20,26-27H,10,12-13,25H2,1-2H3;2*1H. The summed E-state index contributed by atoms with van der Waals surface area (Å²) in [6.07, 6.45) is -4.73. The first-order valence-electron chi connectivity index (χ1n) is 9.21. The number of ether oxygens (including phenoxy) is 1. The summed E-state index contributed by atoms with van der Waals surface area (Å²) in [7, 11) is 0. The molecular formula is C21H29Cl2F3N2O2. The van der Waals surface area contributed by atoms with E-state index in [1.54, 1.807) is 0 Å². The van der Waals surface area contributed by atoms with Crippen molar-refractivity contribution in [3.63, 3.8) is 0 Å². The number of alkyl halides is 3. The highest BCUT2D eigenvalue weighted by atomic mass is 35.5. The van der Waals surface area contributed by atoms with Crippen molar-refractivity contribution in [2.45, 2.75) is 44.6 Å². The van der Waals surface area contributed by atoms with E-state index < -0.39 is 17.8 Å². The van der Waals surface area contributed by atoms with E-state index in [4.69, 9.17) is 10.5 Å². The van der Waals surface area contributed by atoms with E-state index in [0.29, 0.717) is 13.0 Å². The number of nitrogens with one attached hydrogen (secondary N) is 1. The van der Waals surface area contributed by atoms with Gasteiger partial charge in [0.1, 0.15) is 12.4 Å². The molecule has 2 aromatic carbocycles. The lowest BCUT2D eigenvalue weighted by atomic mass is 10.0. The summed E-state index contributed by atoms with van der Waals surface area (Å²) in [5, 5.41) is 13.4. The second-order valence-corrected chi connectivity index (χ2v) is 7.08. The summed E-state index contributed by atoms with van der Waals surface area (Å²) < 4.78 is 43.9. The number of hydrogen-bond acceptors (Lipinski definition) is 4. The van der Waals surface area contributed by atoms with Gasteiger partial charge in [0.2, 0.25) is 0 Å². The molecule has 0 fully saturated rings. The summed E-state index contributed by atoms with van der Waals surface area (Å²) in [5.74, 6) is 0.752. The maximum atomic E-state index is 12.8. The maximum absolute atomic E-state index is 12.8. The van der Waals surface area contributed by atoms with Gasteiger partial charge in [-0.1, -0.05) is 24.3 Å². The van der Waals surface area contributed by atoms with Crippen molar-refractivity contribution in [1.29, 1.82) is 0 Å². The van der Waals surface area contributed by atoms with E-state index in [0.717, 1.165) is 23.4 Å². The van der Waals surface area contributed by atoms with Gasteiger partial charge in [-0.3, -0.25) is 0 Å². The van der Waals surface area contributed by atoms with Gasteiger partial charge >= 0.3 is 6.18 Å². The number of rotatable bonds is 9. The zero-order valence-corrected chi connectivity index (χ0v) is 18.5. The third-order valence-corrected chi connectivity index (χ3v) is 4.24. The second kappa shape index (κ2) is 13.0. The van der Waals surface area contributed by atoms with Gasteiger partial charge < -0.3 is 20.9 Å². The number of aliphatic hydroxyl groups excluding tert-OH is 1. The highest BCUT2D eigenvalue weighted by Crippen LogP contribution is 2.30. The molecule has 2 aromatic rings. The lowest BCUT2D eigenvalue weighted by molar-refractivity contribution is -0.137. The van der Waals surface area contributed by atoms with Crippen LogP contribution in [0.15, 0.2) is 48.5 Å². The van der Waals surface area contributed by atoms with Gasteiger partial charge in [-0.05, 0) is 55.7 Å². The molecule has 30 heavy (non-hydrogen) atoms. The predicted molar refractivity (Wildman–Crippen MR) is 118 cm³/mol. The van der Waals surface area contributed by atoms with Crippen LogP contribution in [0.2, 0.25) is 0 Å². The Bertz CT molecular complexity index is 744. The third kappa shape index (κ3) is 9.53. The molecule has 0 heterocycles. The third-order valence-electron chi connectivity index (χ3n) is 4.24. The Hall–Kier alpha value is -1.51. The van der Waals surface area contributed by atoms with E-state index in [-0.39, 0.29) is 49.0 Å². The lowest BCUT2D eigenvalue weighted by Crippen LogP contribution is -2.32. The molecule has 0 spiro atoms. The molecule has 2 rings (SSSR count). The van der Waals surface area contributed by atoms with Crippen LogP contribution in [-0.4, -0.2) is 30.3 Å². The lowest BCUT2D eigenvalue weighted by Gasteiger charge is -2.18. The number of hydrogen-bond donors (Lipinski definition) is 3. The Balaban J connectivity index is 0.00000420. The average Bonchev–Trinajstić information content (AvgIpc) is 2.65. The first-order chi connectivity index (χ1) is 13.1. The molecule has 4 N–H and O–H groups in total. The van der Waals surface area contributed by atoms with Crippen molar-refractivity contribution in [1.82, 2.24) is 5.32 Å². The van der Waals surface area contributed by atoms with Crippen molar-refractivity contribution in [2.24, 2.45) is 5.73 Å². The van der Waals surface area contributed by atoms with Crippen LogP contribution in [0.5, 0.6) is 5.75 Å². The number of benzene rings is 2. The molecule has 3 atom stereocenters. The summed E-state index contributed by atoms with van der Waals surface area (Å²) in [4.78, 5) is 0. The summed E-state index contributed by atoms with van der Waals surface area (Å²) >= 11 is 0. The van der Waals surface area contributed by atoms with Crippen molar-refractivity contribution in [3.05, 3.63) is 65.2 Å². The predicted octanol–water partition coefficient (Wildman–Crippen LogP) is 4.53. The highest BCUT2D eigenvalue weighted by Gasteiger charge is 2.30. The smallest absolute Gasteiger partial charge is 0.416 e. The van der Waals surface area contributed by atoms with Crippen LogP contribution >= 0.6 is 24.8 Å². The zero-order chi connectivity index (χ0) is 20.7. The summed E-state index contributed by atoms with van der Waals surface area (Å²) in [6, 6.07) is 12.4. The fourth-order valence-electron chi connectivity index (χ4n) is 2.73. The van der Waals surface area contributed by atoms with Gasteiger partial charge in [-0.15, -0.1) is 24.8 Å². The van der Waals surface area contributed by atoms with Gasteiger partial charge in [0.25, 0.3) is 0 Å². The van der Waals surface area contributed by atoms with Gasteiger partial charge in [0.15, 0.2) is 0 Å². The van der Waals surface area contributed by atoms with E-state index in [9.17, 15) is 18.3 Å². The van der Waals surface area contributed by atoms with Crippen LogP contribution in [0.1, 0.15) is 36.6 Å². The summed E-state index contributed by atoms with van der Waals surface area (Å²) in [6.45, 7) is 4.44. The van der Waals surface area contributed by atoms with Gasteiger partial charge in [-0.2, -0.15) is 13.2 Å². The SMILES string of the molecule is CC(N)COc1ccc(CC(C)NCC(O)c2cccc(C(F)(F)F)c2)cc1.Cl.Cl. The maximum Gasteiger partial charge on any atom is 0.416 e. The van der Waals surface area contributed by atoms with Crippen LogP contribution in [0.3, 0.4) is 0 Å². The molecule has 0 aliphatic carbocycles. The molecule has 0 aliphatic rings. The molecule has 0 radical (unpaired) electrons. The van der Waals surface area contributed by atoms with Crippen LogP contribution in [0.25, 0.3) is 0 Å². The fraction of sp³-hybridized carbons (Fsp3) is 0.429. The first kappa shape index (κ1) is 28.5. The zero-order valence-electron chi connectivity index (χ0n) is 16.9. The van der Waals surface area contributed by atoms with E-state index in [2.05, 4.69) is 5.32 Å². The van der Waals surface area contributed by atoms with Gasteiger partial charge in [-0.25, -0.2) is 0 Å². The highest BCUT2D eigenvalue weighted by molar-refractivity contribution is 5.85. The summed E-state index contributed by atoms with van der Waals surface area (Å²) in [5.41, 5.74) is 6.22. The van der Waals surface area contributed by atoms with Crippen molar-refractivity contribution in [2.75, 3.05) is 13.2 Å². The fourth-order valence-corrected chi connectivity index (χ4v) is 2.73. The molecule has 3 unspecified atom stereocenters. The molecule has 170 valence electrons. The Morgan fingerprint density at radius 1 is 1.07 bits per heavy atom. The van der Waals surface area contributed by atoms with Crippen LogP contribution in [-0.2, 0) is 12.6 Å². The minimum absolute atomic E-state index is 0. The van der Waals surface area contributed by atoms with E-state index in [1.165, 1.54) is 12.1 Å². The van der Waals surface area contributed by atoms with Crippen LogP contribution < -0.4 is 15.8 Å². The molecule has 0 saturated carbocycles. The second-order valence-electron chi connectivity index (χ2n) is 7.08. The van der Waals surface area contributed by atoms with Gasteiger partial charge in [0.05, 0.1) is 11.7 Å². The van der Waals surface area contributed by atoms with E-state index in [1.807, 2.05) is 38.1 Å². The van der Waals surface area contributed by atoms with Crippen LogP contribution in [0, 0.1) is 0 Å². The van der Waals surface area contributed by atoms with Crippen LogP contribution in [0.4, 0.5) is 13.2 Å². The Morgan fingerprint density at radius 3 is 2.27 bits per heavy atom. The minimum Gasteiger partial charge on any atom is -0.492 e. The molecule has 9 heteroatoms. The molecule has 4 nitrogen and oxygen atoms in total. The first-order valence-corrected chi connectivity index (χ1v) is 9.21. The average molecular weight is 469 g/mol. The van der Waals surface area contributed by atoms with Crippen molar-refractivity contribution >= 4 is 24.8 Å². The molecule has 0 amide bonds. The topological polar surface area (TPSA) is 67.5 Å². The Kier molecular flexibility index (Phi) is 12.4. The molecular weight excluding hydrogens is 440 g/mol. The number of halogens is 5. The normalized spacial score (nSPS) is 14.1. The monoisotopic (exact) mass is 468 g/mol. The van der Waals surface area contributed by atoms with Crippen molar-refractivity contribution < 1.29 is 23.0 Å². The molecule has 0 aliphatic heterocycles. The minimum atomic E-state index is -4.42. The molecule has 0 saturated heterocycles. The van der Waals surface area contributed by atoms with Gasteiger partial charge in [0, 0.05) is 18.6 Å². The van der Waals surface area contributed by atoms with Crippen molar-refractivity contribution in [3.8, 4) is 5.75 Å².